The highest BCUT2D eigenvalue weighted by Gasteiger charge is 2.39. The largest absolute Gasteiger partial charge is 0.534 e. The van der Waals surface area contributed by atoms with Gasteiger partial charge in [0.1, 0.15) is 5.75 Å². The molecule has 0 aliphatic heterocycles. The summed E-state index contributed by atoms with van der Waals surface area (Å²) in [5.41, 5.74) is 0. The molecule has 0 bridgehead atoms. The van der Waals surface area contributed by atoms with Crippen molar-refractivity contribution in [3.8, 4) is 5.75 Å². The van der Waals surface area contributed by atoms with E-state index in [0.717, 1.165) is 0 Å². The molecule has 16 heavy (non-hydrogen) atoms. The van der Waals surface area contributed by atoms with Gasteiger partial charge in [0, 0.05) is 11.8 Å². The molecule has 1 aromatic carbocycles. The molecule has 0 fully saturated rings. The first-order valence-electron chi connectivity index (χ1n) is 5.03. The molecule has 1 atom stereocenters. The van der Waals surface area contributed by atoms with Gasteiger partial charge in [-0.05, 0) is 19.1 Å². The molecule has 0 radical (unpaired) electrons. The number of aliphatic hydroxyl groups excluding tert-OH is 1. The van der Waals surface area contributed by atoms with Crippen LogP contribution in [-0.2, 0) is 8.85 Å². The quantitative estimate of drug-likeness (QED) is 0.592. The molecular formula is C10H16O5Si. The number of rotatable bonds is 6. The van der Waals surface area contributed by atoms with Gasteiger partial charge >= 0.3 is 8.80 Å². The first-order chi connectivity index (χ1) is 7.62. The molecule has 0 saturated carbocycles. The van der Waals surface area contributed by atoms with Crippen molar-refractivity contribution in [3.63, 3.8) is 0 Å². The summed E-state index contributed by atoms with van der Waals surface area (Å²) in [7, 11) is -3.50. The summed E-state index contributed by atoms with van der Waals surface area (Å²) in [6.45, 7) is 1.84. The van der Waals surface area contributed by atoms with Crippen LogP contribution in [0.5, 0.6) is 5.75 Å². The van der Waals surface area contributed by atoms with E-state index in [1.54, 1.807) is 19.1 Å². The average molecular weight is 244 g/mol. The molecular weight excluding hydrogens is 228 g/mol. The zero-order valence-corrected chi connectivity index (χ0v) is 10.1. The SMILES string of the molecule is CCO[Si](O)(OCCO)c1cccc(O)c1. The van der Waals surface area contributed by atoms with Crippen molar-refractivity contribution in [2.45, 2.75) is 6.92 Å². The second-order valence-corrected chi connectivity index (χ2v) is 5.46. The number of hydrogen-bond acceptors (Lipinski definition) is 5. The third-order valence-electron chi connectivity index (χ3n) is 1.94. The van der Waals surface area contributed by atoms with Crippen molar-refractivity contribution in [3.05, 3.63) is 24.3 Å². The minimum absolute atomic E-state index is 0.00161. The number of phenolic OH excluding ortho intramolecular Hbond substituents is 1. The van der Waals surface area contributed by atoms with Gasteiger partial charge in [-0.3, -0.25) is 0 Å². The number of benzene rings is 1. The van der Waals surface area contributed by atoms with E-state index in [0.29, 0.717) is 11.8 Å². The molecule has 0 saturated heterocycles. The van der Waals surface area contributed by atoms with Crippen LogP contribution >= 0.6 is 0 Å². The normalized spacial score (nSPS) is 14.7. The van der Waals surface area contributed by atoms with Crippen molar-refractivity contribution < 1.29 is 23.9 Å². The lowest BCUT2D eigenvalue weighted by Gasteiger charge is -2.23. The van der Waals surface area contributed by atoms with Crippen LogP contribution in [0.2, 0.25) is 0 Å². The van der Waals surface area contributed by atoms with Crippen molar-refractivity contribution in [1.29, 1.82) is 0 Å². The summed E-state index contributed by atoms with van der Waals surface area (Å²) in [5.74, 6) is 0.0377. The second-order valence-electron chi connectivity index (χ2n) is 3.14. The summed E-state index contributed by atoms with van der Waals surface area (Å²) < 4.78 is 10.4. The Balaban J connectivity index is 2.91. The van der Waals surface area contributed by atoms with Crippen molar-refractivity contribution in [2.75, 3.05) is 19.8 Å². The van der Waals surface area contributed by atoms with E-state index in [4.69, 9.17) is 14.0 Å². The molecule has 1 aromatic rings. The van der Waals surface area contributed by atoms with Crippen LogP contribution in [0.4, 0.5) is 0 Å². The van der Waals surface area contributed by atoms with E-state index in [-0.39, 0.29) is 19.0 Å². The number of aromatic hydroxyl groups is 1. The summed E-state index contributed by atoms with van der Waals surface area (Å²) in [4.78, 5) is 10.2. The average Bonchev–Trinajstić information content (AvgIpc) is 2.27. The number of hydrogen-bond donors (Lipinski definition) is 3. The van der Waals surface area contributed by atoms with Crippen molar-refractivity contribution in [1.82, 2.24) is 0 Å². The molecule has 3 N–H and O–H groups in total. The maximum atomic E-state index is 10.2. The lowest BCUT2D eigenvalue weighted by molar-refractivity contribution is 0.0947. The molecule has 5 nitrogen and oxygen atoms in total. The van der Waals surface area contributed by atoms with Gasteiger partial charge in [0.2, 0.25) is 0 Å². The van der Waals surface area contributed by atoms with Gasteiger partial charge in [0.05, 0.1) is 13.2 Å². The maximum Gasteiger partial charge on any atom is 0.534 e. The topological polar surface area (TPSA) is 79.2 Å². The minimum Gasteiger partial charge on any atom is -0.508 e. The Morgan fingerprint density at radius 1 is 1.31 bits per heavy atom. The van der Waals surface area contributed by atoms with E-state index in [1.165, 1.54) is 12.1 Å². The lowest BCUT2D eigenvalue weighted by Crippen LogP contribution is -2.54. The van der Waals surface area contributed by atoms with Crippen LogP contribution in [0, 0.1) is 0 Å². The first kappa shape index (κ1) is 13.1. The van der Waals surface area contributed by atoms with Crippen molar-refractivity contribution >= 4 is 14.0 Å². The number of aliphatic hydroxyl groups is 1. The number of phenols is 1. The molecule has 0 aliphatic carbocycles. The van der Waals surface area contributed by atoms with Crippen LogP contribution in [0.3, 0.4) is 0 Å². The highest BCUT2D eigenvalue weighted by molar-refractivity contribution is 6.74. The molecule has 0 amide bonds. The van der Waals surface area contributed by atoms with Gasteiger partial charge in [-0.1, -0.05) is 12.1 Å². The fraction of sp³-hybridized carbons (Fsp3) is 0.400. The van der Waals surface area contributed by atoms with E-state index in [2.05, 4.69) is 0 Å². The Labute approximate surface area is 95.3 Å². The smallest absolute Gasteiger partial charge is 0.508 e. The fourth-order valence-electron chi connectivity index (χ4n) is 1.29. The standard InChI is InChI=1S/C10H16O5Si/c1-2-14-16(13,15-7-6-11)10-5-3-4-9(12)8-10/h3-5,8,11-13H,2,6-7H2,1H3. The second kappa shape index (κ2) is 5.97. The van der Waals surface area contributed by atoms with E-state index >= 15 is 0 Å². The third kappa shape index (κ3) is 3.29. The molecule has 1 unspecified atom stereocenters. The molecule has 1 rings (SSSR count). The van der Waals surface area contributed by atoms with Gasteiger partial charge in [-0.25, -0.2) is 0 Å². The zero-order chi connectivity index (χ0) is 12.0. The Bertz CT molecular complexity index is 333. The van der Waals surface area contributed by atoms with Crippen LogP contribution in [0.15, 0.2) is 24.3 Å². The molecule has 6 heteroatoms. The Kier molecular flexibility index (Phi) is 4.91. The van der Waals surface area contributed by atoms with Gasteiger partial charge in [0.15, 0.2) is 0 Å². The molecule has 0 heterocycles. The van der Waals surface area contributed by atoms with E-state index in [9.17, 15) is 9.90 Å². The Morgan fingerprint density at radius 3 is 2.62 bits per heavy atom. The zero-order valence-electron chi connectivity index (χ0n) is 9.09. The predicted molar refractivity (Wildman–Crippen MR) is 60.4 cm³/mol. The van der Waals surface area contributed by atoms with E-state index in [1.807, 2.05) is 0 Å². The van der Waals surface area contributed by atoms with Gasteiger partial charge in [-0.15, -0.1) is 0 Å². The highest BCUT2D eigenvalue weighted by atomic mass is 28.4. The Morgan fingerprint density at radius 2 is 2.06 bits per heavy atom. The summed E-state index contributed by atoms with van der Waals surface area (Å²) in [6, 6.07) is 6.12. The van der Waals surface area contributed by atoms with E-state index < -0.39 is 8.80 Å². The molecule has 0 aliphatic rings. The van der Waals surface area contributed by atoms with Crippen LogP contribution in [0.25, 0.3) is 0 Å². The third-order valence-corrected chi connectivity index (χ3v) is 4.26. The fourth-order valence-corrected chi connectivity index (χ4v) is 3.10. The highest BCUT2D eigenvalue weighted by Crippen LogP contribution is 2.10. The summed E-state index contributed by atoms with van der Waals surface area (Å²) >= 11 is 0. The van der Waals surface area contributed by atoms with Crippen LogP contribution in [-0.4, -0.2) is 43.6 Å². The van der Waals surface area contributed by atoms with Gasteiger partial charge < -0.3 is 23.9 Å². The maximum absolute atomic E-state index is 10.2. The van der Waals surface area contributed by atoms with Crippen LogP contribution < -0.4 is 5.19 Å². The minimum atomic E-state index is -3.50. The Hall–Kier alpha value is -0.923. The predicted octanol–water partition coefficient (Wildman–Crippen LogP) is -0.424. The summed E-state index contributed by atoms with van der Waals surface area (Å²) in [6.07, 6.45) is 0. The lowest BCUT2D eigenvalue weighted by atomic mass is 10.3. The van der Waals surface area contributed by atoms with Gasteiger partial charge in [-0.2, -0.15) is 0 Å². The summed E-state index contributed by atoms with van der Waals surface area (Å²) in [5, 5.41) is 18.4. The molecule has 90 valence electrons. The first-order valence-corrected chi connectivity index (χ1v) is 6.79. The molecule has 0 aromatic heterocycles. The monoisotopic (exact) mass is 244 g/mol. The van der Waals surface area contributed by atoms with Crippen molar-refractivity contribution in [2.24, 2.45) is 0 Å². The molecule has 0 spiro atoms. The van der Waals surface area contributed by atoms with Gasteiger partial charge in [0.25, 0.3) is 0 Å². The van der Waals surface area contributed by atoms with Crippen LogP contribution in [0.1, 0.15) is 6.92 Å².